The molecular formula is C8H10O6. The molecule has 2 N–H and O–H groups in total. The molecule has 0 atom stereocenters. The fourth-order valence-electron chi connectivity index (χ4n) is 0.628. The van der Waals surface area contributed by atoms with Crippen LogP contribution in [-0.2, 0) is 9.47 Å². The van der Waals surface area contributed by atoms with Crippen molar-refractivity contribution in [2.75, 3.05) is 0 Å². The predicted molar refractivity (Wildman–Crippen MR) is 45.7 cm³/mol. The van der Waals surface area contributed by atoms with E-state index >= 15 is 0 Å². The number of hydrogen-bond acceptors (Lipinski definition) is 4. The van der Waals surface area contributed by atoms with E-state index in [2.05, 4.69) is 22.6 Å². The van der Waals surface area contributed by atoms with Gasteiger partial charge in [-0.1, -0.05) is 13.2 Å². The van der Waals surface area contributed by atoms with Gasteiger partial charge in [0.25, 0.3) is 0 Å². The van der Waals surface area contributed by atoms with Crippen LogP contribution in [0.1, 0.15) is 12.8 Å². The van der Waals surface area contributed by atoms with Crippen LogP contribution in [0.2, 0.25) is 0 Å². The zero-order valence-corrected chi connectivity index (χ0v) is 7.36. The Kier molecular flexibility index (Phi) is 4.83. The molecule has 14 heavy (non-hydrogen) atoms. The van der Waals surface area contributed by atoms with Gasteiger partial charge in [0.2, 0.25) is 0 Å². The van der Waals surface area contributed by atoms with Gasteiger partial charge in [-0.15, -0.1) is 0 Å². The molecule has 0 saturated carbocycles. The van der Waals surface area contributed by atoms with E-state index in [1.165, 1.54) is 0 Å². The second-order valence-corrected chi connectivity index (χ2v) is 2.31. The van der Waals surface area contributed by atoms with Crippen LogP contribution in [0.3, 0.4) is 0 Å². The molecule has 0 spiro atoms. The van der Waals surface area contributed by atoms with Crippen molar-refractivity contribution < 1.29 is 29.3 Å². The molecule has 0 aliphatic heterocycles. The van der Waals surface area contributed by atoms with Gasteiger partial charge in [0, 0.05) is 12.8 Å². The molecule has 0 aliphatic rings. The third-order valence-corrected chi connectivity index (χ3v) is 1.15. The van der Waals surface area contributed by atoms with Crippen LogP contribution in [-0.4, -0.2) is 22.5 Å². The molecule has 0 amide bonds. The van der Waals surface area contributed by atoms with Gasteiger partial charge in [-0.3, -0.25) is 0 Å². The largest absolute Gasteiger partial charge is 0.510 e. The number of allylic oxidation sites excluding steroid dienone is 2. The first-order valence-electron chi connectivity index (χ1n) is 3.59. The first kappa shape index (κ1) is 12.0. The van der Waals surface area contributed by atoms with Gasteiger partial charge in [-0.2, -0.15) is 0 Å². The van der Waals surface area contributed by atoms with Gasteiger partial charge in [-0.05, 0) is 0 Å². The normalized spacial score (nSPS) is 8.86. The van der Waals surface area contributed by atoms with E-state index in [0.717, 1.165) is 0 Å². The van der Waals surface area contributed by atoms with E-state index in [1.807, 2.05) is 0 Å². The highest BCUT2D eigenvalue weighted by Gasteiger charge is 2.06. The van der Waals surface area contributed by atoms with Crippen molar-refractivity contribution in [1.82, 2.24) is 0 Å². The zero-order chi connectivity index (χ0) is 11.1. The van der Waals surface area contributed by atoms with Crippen LogP contribution in [0.15, 0.2) is 24.7 Å². The van der Waals surface area contributed by atoms with Crippen molar-refractivity contribution in [2.45, 2.75) is 12.8 Å². The minimum atomic E-state index is -1.46. The molecule has 0 aromatic heterocycles. The lowest BCUT2D eigenvalue weighted by atomic mass is 10.2. The molecule has 0 bridgehead atoms. The molecule has 0 aromatic rings. The van der Waals surface area contributed by atoms with Gasteiger partial charge < -0.3 is 19.7 Å². The summed E-state index contributed by atoms with van der Waals surface area (Å²) in [4.78, 5) is 20.0. The van der Waals surface area contributed by atoms with Crippen LogP contribution in [0.4, 0.5) is 9.59 Å². The Labute approximate surface area is 80.1 Å². The summed E-state index contributed by atoms with van der Waals surface area (Å²) in [7, 11) is 0. The SMILES string of the molecule is C=C(CCC(=C)OC(=O)O)OC(=O)O. The molecule has 0 unspecified atom stereocenters. The van der Waals surface area contributed by atoms with Crippen molar-refractivity contribution in [3.8, 4) is 0 Å². The maximum Gasteiger partial charge on any atom is 0.510 e. The van der Waals surface area contributed by atoms with Crippen molar-refractivity contribution in [2.24, 2.45) is 0 Å². The molecule has 0 radical (unpaired) electrons. The minimum absolute atomic E-state index is 0.00707. The minimum Gasteiger partial charge on any atom is -0.449 e. The van der Waals surface area contributed by atoms with Crippen molar-refractivity contribution >= 4 is 12.3 Å². The monoisotopic (exact) mass is 202 g/mol. The van der Waals surface area contributed by atoms with E-state index in [-0.39, 0.29) is 24.4 Å². The zero-order valence-electron chi connectivity index (χ0n) is 7.36. The number of rotatable bonds is 5. The van der Waals surface area contributed by atoms with E-state index in [9.17, 15) is 9.59 Å². The highest BCUT2D eigenvalue weighted by molar-refractivity contribution is 5.58. The third kappa shape index (κ3) is 6.71. The molecule has 0 rings (SSSR count). The number of hydrogen-bond donors (Lipinski definition) is 2. The summed E-state index contributed by atoms with van der Waals surface area (Å²) in [5.74, 6) is 0.0141. The molecule has 6 heteroatoms. The van der Waals surface area contributed by atoms with Crippen molar-refractivity contribution in [1.29, 1.82) is 0 Å². The summed E-state index contributed by atoms with van der Waals surface area (Å²) in [6, 6.07) is 0. The molecule has 78 valence electrons. The van der Waals surface area contributed by atoms with Gasteiger partial charge >= 0.3 is 12.3 Å². The molecular weight excluding hydrogens is 192 g/mol. The second-order valence-electron chi connectivity index (χ2n) is 2.31. The molecule has 6 nitrogen and oxygen atoms in total. The average molecular weight is 202 g/mol. The quantitative estimate of drug-likeness (QED) is 0.524. The van der Waals surface area contributed by atoms with Crippen LogP contribution < -0.4 is 0 Å². The first-order valence-corrected chi connectivity index (χ1v) is 3.59. The summed E-state index contributed by atoms with van der Waals surface area (Å²) in [6.07, 6.45) is -2.64. The van der Waals surface area contributed by atoms with E-state index < -0.39 is 12.3 Å². The van der Waals surface area contributed by atoms with Crippen LogP contribution in [0.25, 0.3) is 0 Å². The molecule has 0 saturated heterocycles. The topological polar surface area (TPSA) is 93.1 Å². The molecule has 0 heterocycles. The predicted octanol–water partition coefficient (Wildman–Crippen LogP) is 2.18. The fourth-order valence-corrected chi connectivity index (χ4v) is 0.628. The van der Waals surface area contributed by atoms with Gasteiger partial charge in [0.15, 0.2) is 0 Å². The van der Waals surface area contributed by atoms with Crippen molar-refractivity contribution in [3.05, 3.63) is 24.7 Å². The summed E-state index contributed by atoms with van der Waals surface area (Å²) in [5.41, 5.74) is 0. The summed E-state index contributed by atoms with van der Waals surface area (Å²) >= 11 is 0. The standard InChI is InChI=1S/C8H10O6/c1-5(13-7(9)10)3-4-6(2)14-8(11)12/h1-4H2,(H,9,10)(H,11,12). The lowest BCUT2D eigenvalue weighted by Crippen LogP contribution is -2.02. The third-order valence-electron chi connectivity index (χ3n) is 1.15. The average Bonchev–Trinajstić information content (AvgIpc) is 1.98. The number of carbonyl (C=O) groups is 2. The van der Waals surface area contributed by atoms with Crippen LogP contribution in [0, 0.1) is 0 Å². The van der Waals surface area contributed by atoms with Gasteiger partial charge in [0.1, 0.15) is 11.5 Å². The number of carboxylic acid groups (broad SMARTS) is 2. The van der Waals surface area contributed by atoms with Crippen LogP contribution in [0.5, 0.6) is 0 Å². The van der Waals surface area contributed by atoms with Crippen LogP contribution >= 0.6 is 0 Å². The Morgan fingerprint density at radius 2 is 1.21 bits per heavy atom. The highest BCUT2D eigenvalue weighted by atomic mass is 16.7. The van der Waals surface area contributed by atoms with Crippen molar-refractivity contribution in [3.63, 3.8) is 0 Å². The lowest BCUT2D eigenvalue weighted by molar-refractivity contribution is 0.109. The van der Waals surface area contributed by atoms with Gasteiger partial charge in [0.05, 0.1) is 0 Å². The summed E-state index contributed by atoms with van der Waals surface area (Å²) < 4.78 is 8.37. The molecule has 0 fully saturated rings. The second kappa shape index (κ2) is 5.63. The maximum absolute atomic E-state index is 10.0. The Bertz CT molecular complexity index is 239. The Balaban J connectivity index is 3.72. The summed E-state index contributed by atoms with van der Waals surface area (Å²) in [6.45, 7) is 6.60. The van der Waals surface area contributed by atoms with Gasteiger partial charge in [-0.25, -0.2) is 9.59 Å². The molecule has 0 aromatic carbocycles. The van der Waals surface area contributed by atoms with E-state index in [0.29, 0.717) is 0 Å². The van der Waals surface area contributed by atoms with E-state index in [1.54, 1.807) is 0 Å². The highest BCUT2D eigenvalue weighted by Crippen LogP contribution is 2.11. The maximum atomic E-state index is 10.0. The Morgan fingerprint density at radius 3 is 1.43 bits per heavy atom. The number of ether oxygens (including phenoxy) is 2. The Hall–Kier alpha value is -1.98. The summed E-state index contributed by atoms with van der Waals surface area (Å²) in [5, 5.41) is 16.3. The smallest absolute Gasteiger partial charge is 0.449 e. The lowest BCUT2D eigenvalue weighted by Gasteiger charge is -2.05. The first-order chi connectivity index (χ1) is 6.41. The fraction of sp³-hybridized carbons (Fsp3) is 0.250. The Morgan fingerprint density at radius 1 is 0.929 bits per heavy atom. The van der Waals surface area contributed by atoms with E-state index in [4.69, 9.17) is 10.2 Å². The molecule has 0 aliphatic carbocycles.